The van der Waals surface area contributed by atoms with Crippen LogP contribution in [0.25, 0.3) is 5.83 Å². The molecule has 10 rings (SSSR count). The van der Waals surface area contributed by atoms with Gasteiger partial charge in [0.2, 0.25) is 0 Å². The quantitative estimate of drug-likeness (QED) is 0.0796. The number of sulfonamides is 1. The minimum absolute atomic E-state index is 0.0208. The van der Waals surface area contributed by atoms with Crippen molar-refractivity contribution in [3.8, 4) is 17.2 Å². The lowest BCUT2D eigenvalue weighted by molar-refractivity contribution is -0.0629. The Kier molecular flexibility index (Phi) is 15.2. The van der Waals surface area contributed by atoms with E-state index in [1.807, 2.05) is 19.1 Å². The van der Waals surface area contributed by atoms with Crippen LogP contribution < -0.4 is 29.5 Å². The number of halogens is 2. The van der Waals surface area contributed by atoms with Crippen molar-refractivity contribution in [1.29, 1.82) is 0 Å². The van der Waals surface area contributed by atoms with E-state index in [4.69, 9.17) is 9.47 Å². The molecule has 0 unspecified atom stereocenters. The Morgan fingerprint density at radius 2 is 1.71 bits per heavy atom. The van der Waals surface area contributed by atoms with Crippen LogP contribution in [0.15, 0.2) is 96.2 Å². The zero-order chi connectivity index (χ0) is 53.5. The van der Waals surface area contributed by atoms with Gasteiger partial charge in [-0.2, -0.15) is 0 Å². The first-order chi connectivity index (χ1) is 36.4. The van der Waals surface area contributed by atoms with Crippen LogP contribution in [0, 0.1) is 22.4 Å². The van der Waals surface area contributed by atoms with Crippen LogP contribution in [0.1, 0.15) is 122 Å². The van der Waals surface area contributed by atoms with E-state index in [-0.39, 0.29) is 56.7 Å². The van der Waals surface area contributed by atoms with Gasteiger partial charge in [-0.15, -0.1) is 0 Å². The summed E-state index contributed by atoms with van der Waals surface area (Å²) in [5, 5.41) is 26.8. The number of nitrogens with one attached hydrogen (secondary N) is 2. The molecule has 3 aliphatic carbocycles. The molecular weight excluding hydrogens is 991 g/mol. The first-order valence-electron chi connectivity index (χ1n) is 26.6. The first kappa shape index (κ1) is 53.2. The fourth-order valence-electron chi connectivity index (χ4n) is 12.1. The van der Waals surface area contributed by atoms with Crippen molar-refractivity contribution in [2.75, 3.05) is 68.7 Å². The number of fused-ring (bicyclic) bond motifs is 1. The smallest absolute Gasteiger partial charge is 0.268 e. The maximum Gasteiger partial charge on any atom is 0.268 e. The Bertz CT molecular complexity index is 3090. The van der Waals surface area contributed by atoms with Crippen molar-refractivity contribution in [3.05, 3.63) is 136 Å². The second-order valence-corrected chi connectivity index (χ2v) is 24.0. The maximum absolute atomic E-state index is 15.2. The third-order valence-electron chi connectivity index (χ3n) is 16.7. The summed E-state index contributed by atoms with van der Waals surface area (Å²) in [6, 6.07) is 22.2. The Balaban J connectivity index is 0.836. The van der Waals surface area contributed by atoms with Gasteiger partial charge >= 0.3 is 0 Å². The van der Waals surface area contributed by atoms with E-state index in [1.54, 1.807) is 19.2 Å². The number of carbonyl (C=O) groups excluding carboxylic acids is 1. The average Bonchev–Trinajstić information content (AvgIpc) is 3.77. The number of carbonyl (C=O) groups is 1. The Labute approximate surface area is 444 Å². The minimum atomic E-state index is -4.57. The predicted molar refractivity (Wildman–Crippen MR) is 290 cm³/mol. The molecule has 0 radical (unpaired) electrons. The summed E-state index contributed by atoms with van der Waals surface area (Å²) < 4.78 is 71.6. The van der Waals surface area contributed by atoms with Crippen LogP contribution in [0.5, 0.6) is 17.2 Å². The van der Waals surface area contributed by atoms with Gasteiger partial charge in [-0.1, -0.05) is 44.2 Å². The summed E-state index contributed by atoms with van der Waals surface area (Å²) in [5.41, 5.74) is 4.33. The Morgan fingerprint density at radius 3 is 2.43 bits per heavy atom. The van der Waals surface area contributed by atoms with Gasteiger partial charge in [0, 0.05) is 99.5 Å². The second kappa shape index (κ2) is 21.7. The molecule has 4 fully saturated rings. The molecule has 404 valence electrons. The fourth-order valence-corrected chi connectivity index (χ4v) is 13.1. The van der Waals surface area contributed by atoms with Crippen LogP contribution in [-0.4, -0.2) is 104 Å². The van der Waals surface area contributed by atoms with Gasteiger partial charge in [0.25, 0.3) is 15.9 Å². The number of aliphatic hydroxyl groups is 1. The number of allylic oxidation sites excluding steroid dienone is 1. The Morgan fingerprint density at radius 1 is 0.947 bits per heavy atom. The number of ether oxygens (including phenoxy) is 2. The van der Waals surface area contributed by atoms with Crippen LogP contribution >= 0.6 is 0 Å². The lowest BCUT2D eigenvalue weighted by atomic mass is 9.59. The average molecular weight is 1060 g/mol. The summed E-state index contributed by atoms with van der Waals surface area (Å²) in [5.74, 6) is -0.132. The molecule has 2 aromatic heterocycles. The van der Waals surface area contributed by atoms with Crippen LogP contribution in [0.3, 0.4) is 0 Å². The molecule has 1 spiro atoms. The van der Waals surface area contributed by atoms with E-state index in [0.717, 1.165) is 83.1 Å². The third-order valence-corrected chi connectivity index (χ3v) is 18.0. The molecule has 5 aliphatic rings. The summed E-state index contributed by atoms with van der Waals surface area (Å²) in [6.07, 6.45) is 11.3. The summed E-state index contributed by atoms with van der Waals surface area (Å²) in [6.45, 7) is 11.3. The van der Waals surface area contributed by atoms with Crippen LogP contribution in [0.2, 0.25) is 0 Å². The molecule has 4 heterocycles. The highest BCUT2D eigenvalue weighted by Gasteiger charge is 2.50. The summed E-state index contributed by atoms with van der Waals surface area (Å²) >= 11 is 0. The van der Waals surface area contributed by atoms with Crippen molar-refractivity contribution in [2.24, 2.45) is 11.3 Å². The molecule has 5 aromatic rings. The number of hydrogen-bond acceptors (Lipinski definition) is 14. The summed E-state index contributed by atoms with van der Waals surface area (Å²) in [7, 11) is -1.79. The highest BCUT2D eigenvalue weighted by molar-refractivity contribution is 7.90. The zero-order valence-electron chi connectivity index (χ0n) is 44.0. The molecule has 2 aliphatic heterocycles. The number of anilines is 3. The SMILES string of the molecule is COc1ccc(CN2CCN(C3CC4(CCN(c5ccc(C(=O)NS(=O)(=O)c6cnc(NCC7CCC(C)(O)CC7)c(N(C)[O-])c6)c(Oc6cnc7c(c6)C(F)=CC7)c5)CC4)C3)[C@H](c3ccccc3C(C)C)C2)c(F)c1. The number of amides is 1. The van der Waals surface area contributed by atoms with E-state index in [0.29, 0.717) is 71.9 Å². The molecule has 0 bridgehead atoms. The molecule has 1 atom stereocenters. The number of benzene rings is 3. The number of piperazine rings is 1. The number of nitrogens with zero attached hydrogens (tertiary/aromatic N) is 6. The van der Waals surface area contributed by atoms with Gasteiger partial charge in [0.15, 0.2) is 0 Å². The number of hydroxylamine groups is 1. The van der Waals surface area contributed by atoms with Gasteiger partial charge in [-0.25, -0.2) is 26.9 Å². The number of rotatable bonds is 16. The zero-order valence-corrected chi connectivity index (χ0v) is 44.8. The van der Waals surface area contributed by atoms with Gasteiger partial charge in [0.1, 0.15) is 39.6 Å². The molecule has 18 heteroatoms. The van der Waals surface area contributed by atoms with E-state index in [2.05, 4.69) is 72.8 Å². The third kappa shape index (κ3) is 11.4. The van der Waals surface area contributed by atoms with Crippen molar-refractivity contribution in [2.45, 2.75) is 114 Å². The lowest BCUT2D eigenvalue weighted by Crippen LogP contribution is -2.60. The maximum atomic E-state index is 15.2. The summed E-state index contributed by atoms with van der Waals surface area (Å²) in [4.78, 5) is 29.8. The number of methoxy groups -OCH3 is 1. The Hall–Kier alpha value is -6.18. The van der Waals surface area contributed by atoms with E-state index < -0.39 is 27.4 Å². The molecule has 15 nitrogen and oxygen atoms in total. The molecule has 2 saturated carbocycles. The van der Waals surface area contributed by atoms with Crippen molar-refractivity contribution in [3.63, 3.8) is 0 Å². The molecule has 2 saturated heterocycles. The highest BCUT2D eigenvalue weighted by atomic mass is 32.2. The molecule has 3 aromatic carbocycles. The largest absolute Gasteiger partial charge is 0.758 e. The number of hydrogen-bond donors (Lipinski definition) is 3. The topological polar surface area (TPSA) is 176 Å². The molecule has 3 N–H and O–H groups in total. The first-order valence-corrected chi connectivity index (χ1v) is 28.1. The van der Waals surface area contributed by atoms with Crippen molar-refractivity contribution in [1.82, 2.24) is 24.5 Å². The van der Waals surface area contributed by atoms with Gasteiger partial charge < -0.3 is 35.1 Å². The fraction of sp³-hybridized carbons (Fsp3) is 0.466. The molecule has 1 amide bonds. The minimum Gasteiger partial charge on any atom is -0.758 e. The number of pyridine rings is 2. The van der Waals surface area contributed by atoms with Crippen LogP contribution in [0.4, 0.5) is 26.0 Å². The number of aromatic nitrogens is 2. The highest BCUT2D eigenvalue weighted by Crippen LogP contribution is 2.53. The van der Waals surface area contributed by atoms with Crippen molar-refractivity contribution < 1.29 is 36.6 Å². The van der Waals surface area contributed by atoms with Gasteiger partial charge in [0.05, 0.1) is 35.9 Å². The lowest BCUT2D eigenvalue weighted by Gasteiger charge is -2.58. The van der Waals surface area contributed by atoms with Gasteiger partial charge in [-0.05, 0) is 130 Å². The molecule has 76 heavy (non-hydrogen) atoms. The predicted octanol–water partition coefficient (Wildman–Crippen LogP) is 10.1. The normalized spacial score (nSPS) is 22.0. The van der Waals surface area contributed by atoms with Crippen molar-refractivity contribution >= 4 is 38.9 Å². The monoisotopic (exact) mass is 1060 g/mol. The van der Waals surface area contributed by atoms with Crippen LogP contribution in [-0.2, 0) is 23.0 Å². The number of piperidine rings is 1. The van der Waals surface area contributed by atoms with E-state index in [1.165, 1.54) is 54.7 Å². The van der Waals surface area contributed by atoms with Gasteiger partial charge in [-0.3, -0.25) is 19.6 Å². The standard InChI is InChI=1S/C58H69F2N8O7S/c1-37(2)45-8-6-7-9-46(45)53-36-66(35-39-10-12-42(74-5)28-50(39)60)24-25-68(53)41-30-58(31-41)20-22-67(23-21-58)40-11-13-47(54(26-40)75-43-27-48-49(59)14-15-51(48)61-33-43)56(69)64-76(72,73)44-29-52(65(4)71)55(63-34-44)62-32-38-16-18-57(3,70)19-17-38/h6-14,26-29,33-34,37-38,41,53,70H,15-25,30-32,35-36H2,1-5H3,(H,62,63)(H,64,69)/q-1/t38?,53-,57?/m0/s1. The van der Waals surface area contributed by atoms with E-state index >= 15 is 4.39 Å². The van der Waals surface area contributed by atoms with E-state index in [9.17, 15) is 27.9 Å². The second-order valence-electron chi connectivity index (χ2n) is 22.3. The molecular formula is C58H69F2N8O7S-.